The molecule has 1 rings (SSSR count). The molecule has 0 saturated heterocycles. The van der Waals surface area contributed by atoms with Crippen LogP contribution < -0.4 is 5.32 Å². The number of amides is 1. The summed E-state index contributed by atoms with van der Waals surface area (Å²) in [4.78, 5) is 23.8. The SMILES string of the molecule is CC(=O)NC(CN(C)Cc1ccc(Cl)cc1)C(=O)O. The highest BCUT2D eigenvalue weighted by atomic mass is 35.5. The van der Waals surface area contributed by atoms with Crippen LogP contribution in [0, 0.1) is 0 Å². The van der Waals surface area contributed by atoms with Crippen LogP contribution in [-0.2, 0) is 16.1 Å². The fourth-order valence-corrected chi connectivity index (χ4v) is 1.83. The first kappa shape index (κ1) is 15.5. The number of rotatable bonds is 6. The van der Waals surface area contributed by atoms with Gasteiger partial charge < -0.3 is 10.4 Å². The number of halogens is 1. The molecule has 1 amide bonds. The van der Waals surface area contributed by atoms with Gasteiger partial charge in [0.15, 0.2) is 0 Å². The van der Waals surface area contributed by atoms with Crippen molar-refractivity contribution in [3.63, 3.8) is 0 Å². The van der Waals surface area contributed by atoms with Crippen LogP contribution in [0.25, 0.3) is 0 Å². The van der Waals surface area contributed by atoms with E-state index in [4.69, 9.17) is 16.7 Å². The predicted molar refractivity (Wildman–Crippen MR) is 73.0 cm³/mol. The van der Waals surface area contributed by atoms with Crippen LogP contribution in [0.15, 0.2) is 24.3 Å². The molecule has 0 radical (unpaired) electrons. The second-order valence-corrected chi connectivity index (χ2v) is 4.85. The zero-order valence-electron chi connectivity index (χ0n) is 10.9. The molecule has 0 bridgehead atoms. The Labute approximate surface area is 117 Å². The zero-order chi connectivity index (χ0) is 14.4. The Morgan fingerprint density at radius 2 is 1.95 bits per heavy atom. The molecule has 1 aromatic carbocycles. The number of nitrogens with zero attached hydrogens (tertiary/aromatic N) is 1. The van der Waals surface area contributed by atoms with Crippen molar-refractivity contribution in [1.29, 1.82) is 0 Å². The zero-order valence-corrected chi connectivity index (χ0v) is 11.6. The van der Waals surface area contributed by atoms with Gasteiger partial charge in [-0.05, 0) is 24.7 Å². The summed E-state index contributed by atoms with van der Waals surface area (Å²) in [6.45, 7) is 2.12. The summed E-state index contributed by atoms with van der Waals surface area (Å²) < 4.78 is 0. The summed E-state index contributed by atoms with van der Waals surface area (Å²) >= 11 is 5.79. The molecule has 1 unspecified atom stereocenters. The van der Waals surface area contributed by atoms with E-state index >= 15 is 0 Å². The minimum atomic E-state index is -1.04. The average Bonchev–Trinajstić information content (AvgIpc) is 2.30. The average molecular weight is 285 g/mol. The normalized spacial score (nSPS) is 12.2. The quantitative estimate of drug-likeness (QED) is 0.828. The van der Waals surface area contributed by atoms with Gasteiger partial charge in [0, 0.05) is 25.0 Å². The number of carboxylic acid groups (broad SMARTS) is 1. The summed E-state index contributed by atoms with van der Waals surface area (Å²) in [6.07, 6.45) is 0. The Morgan fingerprint density at radius 3 is 2.42 bits per heavy atom. The molecule has 0 heterocycles. The van der Waals surface area contributed by atoms with Crippen LogP contribution in [-0.4, -0.2) is 41.5 Å². The van der Waals surface area contributed by atoms with Gasteiger partial charge in [-0.2, -0.15) is 0 Å². The van der Waals surface area contributed by atoms with E-state index in [0.717, 1.165) is 5.56 Å². The maximum atomic E-state index is 11.0. The number of hydrogen-bond acceptors (Lipinski definition) is 3. The highest BCUT2D eigenvalue weighted by molar-refractivity contribution is 6.30. The minimum Gasteiger partial charge on any atom is -0.480 e. The smallest absolute Gasteiger partial charge is 0.327 e. The Morgan fingerprint density at radius 1 is 1.37 bits per heavy atom. The van der Waals surface area contributed by atoms with Crippen molar-refractivity contribution in [2.24, 2.45) is 0 Å². The lowest BCUT2D eigenvalue weighted by Crippen LogP contribution is -2.46. The molecule has 5 nitrogen and oxygen atoms in total. The van der Waals surface area contributed by atoms with Crippen molar-refractivity contribution in [2.75, 3.05) is 13.6 Å². The molecule has 0 aromatic heterocycles. The van der Waals surface area contributed by atoms with Gasteiger partial charge in [-0.25, -0.2) is 4.79 Å². The van der Waals surface area contributed by atoms with E-state index in [1.807, 2.05) is 17.0 Å². The van der Waals surface area contributed by atoms with Crippen LogP contribution in [0.4, 0.5) is 0 Å². The van der Waals surface area contributed by atoms with Crippen molar-refractivity contribution in [2.45, 2.75) is 19.5 Å². The maximum absolute atomic E-state index is 11.0. The van der Waals surface area contributed by atoms with Crippen molar-refractivity contribution >= 4 is 23.5 Å². The Bertz CT molecular complexity index is 448. The first-order valence-corrected chi connectivity index (χ1v) is 6.19. The van der Waals surface area contributed by atoms with Crippen LogP contribution in [0.2, 0.25) is 5.02 Å². The number of nitrogens with one attached hydrogen (secondary N) is 1. The lowest BCUT2D eigenvalue weighted by Gasteiger charge is -2.21. The fourth-order valence-electron chi connectivity index (χ4n) is 1.71. The fraction of sp³-hybridized carbons (Fsp3) is 0.385. The molecule has 1 atom stereocenters. The van der Waals surface area contributed by atoms with Gasteiger partial charge in [-0.3, -0.25) is 9.69 Å². The molecule has 19 heavy (non-hydrogen) atoms. The molecule has 2 N–H and O–H groups in total. The van der Waals surface area contributed by atoms with E-state index < -0.39 is 12.0 Å². The molecule has 6 heteroatoms. The van der Waals surface area contributed by atoms with Crippen molar-refractivity contribution in [3.8, 4) is 0 Å². The monoisotopic (exact) mass is 284 g/mol. The van der Waals surface area contributed by atoms with Crippen LogP contribution in [0.1, 0.15) is 12.5 Å². The molecule has 0 aliphatic rings. The Hall–Kier alpha value is -1.59. The second-order valence-electron chi connectivity index (χ2n) is 4.41. The van der Waals surface area contributed by atoms with E-state index in [2.05, 4.69) is 5.32 Å². The second kappa shape index (κ2) is 7.11. The standard InChI is InChI=1S/C13H17ClN2O3/c1-9(17)15-12(13(18)19)8-16(2)7-10-3-5-11(14)6-4-10/h3-6,12H,7-8H2,1-2H3,(H,15,17)(H,18,19). The van der Waals surface area contributed by atoms with Crippen molar-refractivity contribution in [3.05, 3.63) is 34.9 Å². The number of likely N-dealkylation sites (N-methyl/N-ethyl adjacent to an activating group) is 1. The molecule has 104 valence electrons. The van der Waals surface area contributed by atoms with Crippen LogP contribution in [0.3, 0.4) is 0 Å². The largest absolute Gasteiger partial charge is 0.480 e. The number of carbonyl (C=O) groups excluding carboxylic acids is 1. The third kappa shape index (κ3) is 5.72. The number of benzene rings is 1. The van der Waals surface area contributed by atoms with Crippen molar-refractivity contribution < 1.29 is 14.7 Å². The molecule has 0 aliphatic carbocycles. The summed E-state index contributed by atoms with van der Waals surface area (Å²) in [5.41, 5.74) is 1.03. The molecule has 0 saturated carbocycles. The highest BCUT2D eigenvalue weighted by Gasteiger charge is 2.20. The van der Waals surface area contributed by atoms with E-state index in [1.165, 1.54) is 6.92 Å². The number of carboxylic acids is 1. The van der Waals surface area contributed by atoms with E-state index in [0.29, 0.717) is 11.6 Å². The number of carbonyl (C=O) groups is 2. The number of hydrogen-bond donors (Lipinski definition) is 2. The maximum Gasteiger partial charge on any atom is 0.327 e. The molecular formula is C13H17ClN2O3. The Kier molecular flexibility index (Phi) is 5.79. The van der Waals surface area contributed by atoms with Gasteiger partial charge in [0.05, 0.1) is 0 Å². The number of aliphatic carboxylic acids is 1. The van der Waals surface area contributed by atoms with Gasteiger partial charge in [0.25, 0.3) is 0 Å². The molecule has 0 fully saturated rings. The van der Waals surface area contributed by atoms with Gasteiger partial charge in [0.1, 0.15) is 6.04 Å². The summed E-state index contributed by atoms with van der Waals surface area (Å²) in [6, 6.07) is 6.43. The molecule has 0 spiro atoms. The minimum absolute atomic E-state index is 0.234. The summed E-state index contributed by atoms with van der Waals surface area (Å²) in [5, 5.41) is 12.1. The van der Waals surface area contributed by atoms with Gasteiger partial charge in [-0.1, -0.05) is 23.7 Å². The first-order valence-electron chi connectivity index (χ1n) is 5.81. The van der Waals surface area contributed by atoms with Gasteiger partial charge in [0.2, 0.25) is 5.91 Å². The topological polar surface area (TPSA) is 69.6 Å². The third-order valence-electron chi connectivity index (χ3n) is 2.54. The highest BCUT2D eigenvalue weighted by Crippen LogP contribution is 2.11. The van der Waals surface area contributed by atoms with Gasteiger partial charge in [-0.15, -0.1) is 0 Å². The van der Waals surface area contributed by atoms with Crippen molar-refractivity contribution in [1.82, 2.24) is 10.2 Å². The van der Waals surface area contributed by atoms with E-state index in [1.54, 1.807) is 19.2 Å². The van der Waals surface area contributed by atoms with E-state index in [9.17, 15) is 9.59 Å². The third-order valence-corrected chi connectivity index (χ3v) is 2.79. The van der Waals surface area contributed by atoms with Crippen LogP contribution in [0.5, 0.6) is 0 Å². The summed E-state index contributed by atoms with van der Waals surface area (Å²) in [7, 11) is 1.80. The summed E-state index contributed by atoms with van der Waals surface area (Å²) in [5.74, 6) is -1.40. The lowest BCUT2D eigenvalue weighted by molar-refractivity contribution is -0.142. The lowest BCUT2D eigenvalue weighted by atomic mass is 10.2. The molecule has 1 aromatic rings. The Balaban J connectivity index is 2.57. The molecular weight excluding hydrogens is 268 g/mol. The van der Waals surface area contributed by atoms with Crippen LogP contribution >= 0.6 is 11.6 Å². The molecule has 0 aliphatic heterocycles. The van der Waals surface area contributed by atoms with Gasteiger partial charge >= 0.3 is 5.97 Å². The predicted octanol–water partition coefficient (Wildman–Crippen LogP) is 1.36. The van der Waals surface area contributed by atoms with E-state index in [-0.39, 0.29) is 12.5 Å². The first-order chi connectivity index (χ1) is 8.88.